The number of hydrogen-bond donors (Lipinski definition) is 1. The first-order valence-corrected chi connectivity index (χ1v) is 12.2. The number of carbonyl (C=O) groups excluding carboxylic acids is 1. The Morgan fingerprint density at radius 1 is 1.19 bits per heavy atom. The fraction of sp³-hybridized carbons (Fsp3) is 0.286. The number of thioether (sulfide) groups is 1. The van der Waals surface area contributed by atoms with Gasteiger partial charge in [0.2, 0.25) is 15.9 Å². The van der Waals surface area contributed by atoms with Gasteiger partial charge in [0.1, 0.15) is 10.7 Å². The van der Waals surface area contributed by atoms with Gasteiger partial charge in [-0.05, 0) is 37.1 Å². The highest BCUT2D eigenvalue weighted by Crippen LogP contribution is 2.40. The highest BCUT2D eigenvalue weighted by atomic mass is 32.2. The van der Waals surface area contributed by atoms with E-state index < -0.39 is 10.0 Å². The maximum atomic E-state index is 12.6. The fourth-order valence-electron chi connectivity index (χ4n) is 2.97. The van der Waals surface area contributed by atoms with Crippen LogP contribution < -0.4 is 5.32 Å². The summed E-state index contributed by atoms with van der Waals surface area (Å²) in [5.74, 6) is 1.07. The number of pyridine rings is 1. The number of sulfonamides is 1. The molecule has 162 valence electrons. The minimum absolute atomic E-state index is 0.116. The van der Waals surface area contributed by atoms with Crippen molar-refractivity contribution in [3.63, 3.8) is 0 Å². The van der Waals surface area contributed by atoms with E-state index in [-0.39, 0.29) is 16.6 Å². The molecule has 1 aliphatic rings. The zero-order chi connectivity index (χ0) is 22.0. The Hall–Kier alpha value is -2.69. The normalized spacial score (nSPS) is 14.0. The molecule has 0 radical (unpaired) electrons. The number of hydrogen-bond acceptors (Lipinski definition) is 6. The summed E-state index contributed by atoms with van der Waals surface area (Å²) in [6, 6.07) is 14.7. The van der Waals surface area contributed by atoms with Crippen molar-refractivity contribution in [1.82, 2.24) is 19.1 Å². The molecule has 1 saturated carbocycles. The second kappa shape index (κ2) is 8.81. The summed E-state index contributed by atoms with van der Waals surface area (Å²) >= 11 is 1.24. The molecule has 4 rings (SSSR count). The number of para-hydroxylation sites is 1. The third-order valence-corrected chi connectivity index (χ3v) is 7.57. The average molecular weight is 458 g/mol. The zero-order valence-electron chi connectivity index (χ0n) is 17.2. The molecular weight excluding hydrogens is 434 g/mol. The Balaban J connectivity index is 1.43. The van der Waals surface area contributed by atoms with Gasteiger partial charge in [-0.25, -0.2) is 22.4 Å². The molecule has 3 aromatic rings. The number of rotatable bonds is 8. The lowest BCUT2D eigenvalue weighted by molar-refractivity contribution is -0.113. The monoisotopic (exact) mass is 457 g/mol. The molecular formula is C21H23N5O3S2. The first-order chi connectivity index (χ1) is 14.8. The first-order valence-electron chi connectivity index (χ1n) is 9.81. The van der Waals surface area contributed by atoms with E-state index in [1.807, 2.05) is 36.4 Å². The van der Waals surface area contributed by atoms with E-state index in [0.29, 0.717) is 16.8 Å². The molecule has 1 aromatic carbocycles. The van der Waals surface area contributed by atoms with Crippen LogP contribution in [-0.2, 0) is 14.8 Å². The van der Waals surface area contributed by atoms with Crippen LogP contribution >= 0.6 is 11.8 Å². The summed E-state index contributed by atoms with van der Waals surface area (Å²) in [5, 5.41) is 8.20. The van der Waals surface area contributed by atoms with Crippen molar-refractivity contribution in [2.24, 2.45) is 0 Å². The van der Waals surface area contributed by atoms with Crippen molar-refractivity contribution in [3.8, 4) is 5.69 Å². The summed E-state index contributed by atoms with van der Waals surface area (Å²) < 4.78 is 27.1. The highest BCUT2D eigenvalue weighted by molar-refractivity contribution is 7.99. The zero-order valence-corrected chi connectivity index (χ0v) is 18.9. The molecule has 0 aliphatic heterocycles. The van der Waals surface area contributed by atoms with Crippen molar-refractivity contribution in [2.75, 3.05) is 25.2 Å². The maximum Gasteiger partial charge on any atom is 0.244 e. The topological polar surface area (TPSA) is 97.2 Å². The standard InChI is InChI=1S/C21H23N5O3S2/c1-25(2)31(28,29)17-10-11-21(22-13-17)30-14-20(27)23-19-12-18(15-8-9-15)24-26(19)16-6-4-3-5-7-16/h3-7,10-13,15H,8-9,14H2,1-2H3,(H,23,27). The van der Waals surface area contributed by atoms with E-state index in [1.54, 1.807) is 10.7 Å². The highest BCUT2D eigenvalue weighted by Gasteiger charge is 2.28. The Kier molecular flexibility index (Phi) is 6.12. The van der Waals surface area contributed by atoms with Crippen molar-refractivity contribution < 1.29 is 13.2 Å². The molecule has 1 amide bonds. The number of nitrogens with zero attached hydrogens (tertiary/aromatic N) is 4. The van der Waals surface area contributed by atoms with Crippen LogP contribution in [0, 0.1) is 0 Å². The third kappa shape index (κ3) is 4.97. The van der Waals surface area contributed by atoms with E-state index in [0.717, 1.165) is 28.5 Å². The van der Waals surface area contributed by atoms with Gasteiger partial charge in [-0.3, -0.25) is 4.79 Å². The molecule has 0 unspecified atom stereocenters. The van der Waals surface area contributed by atoms with Gasteiger partial charge in [-0.2, -0.15) is 5.10 Å². The Labute approximate surface area is 185 Å². The molecule has 2 heterocycles. The molecule has 1 aliphatic carbocycles. The maximum absolute atomic E-state index is 12.6. The van der Waals surface area contributed by atoms with E-state index in [4.69, 9.17) is 0 Å². The second-order valence-corrected chi connectivity index (χ2v) is 10.6. The molecule has 10 heteroatoms. The molecule has 2 aromatic heterocycles. The number of amides is 1. The van der Waals surface area contributed by atoms with Crippen LogP contribution in [0.25, 0.3) is 5.69 Å². The van der Waals surface area contributed by atoms with Crippen molar-refractivity contribution in [3.05, 3.63) is 60.4 Å². The van der Waals surface area contributed by atoms with Gasteiger partial charge in [0.05, 0.1) is 22.2 Å². The van der Waals surface area contributed by atoms with Crippen LogP contribution in [0.2, 0.25) is 0 Å². The van der Waals surface area contributed by atoms with Crippen molar-refractivity contribution in [2.45, 2.75) is 28.7 Å². The lowest BCUT2D eigenvalue weighted by Gasteiger charge is -2.11. The van der Waals surface area contributed by atoms with Gasteiger partial charge >= 0.3 is 0 Å². The summed E-state index contributed by atoms with van der Waals surface area (Å²) in [5.41, 5.74) is 1.88. The van der Waals surface area contributed by atoms with Crippen LogP contribution in [0.1, 0.15) is 24.5 Å². The SMILES string of the molecule is CN(C)S(=O)(=O)c1ccc(SCC(=O)Nc2cc(C3CC3)nn2-c2ccccc2)nc1. The van der Waals surface area contributed by atoms with Gasteiger partial charge in [-0.1, -0.05) is 30.0 Å². The second-order valence-electron chi connectivity index (χ2n) is 7.43. The smallest absolute Gasteiger partial charge is 0.244 e. The van der Waals surface area contributed by atoms with Gasteiger partial charge < -0.3 is 5.32 Å². The predicted octanol–water partition coefficient (Wildman–Crippen LogP) is 3.13. The molecule has 8 nitrogen and oxygen atoms in total. The minimum Gasteiger partial charge on any atom is -0.310 e. The lowest BCUT2D eigenvalue weighted by Crippen LogP contribution is -2.22. The molecule has 0 spiro atoms. The quantitative estimate of drug-likeness (QED) is 0.522. The number of carbonyl (C=O) groups is 1. The number of benzene rings is 1. The first kappa shape index (κ1) is 21.5. The van der Waals surface area contributed by atoms with Crippen molar-refractivity contribution >= 4 is 33.5 Å². The molecule has 1 N–H and O–H groups in total. The van der Waals surface area contributed by atoms with E-state index in [9.17, 15) is 13.2 Å². The average Bonchev–Trinajstić information content (AvgIpc) is 3.54. The Morgan fingerprint density at radius 2 is 1.94 bits per heavy atom. The van der Waals surface area contributed by atoms with Crippen LogP contribution in [0.5, 0.6) is 0 Å². The number of nitrogens with one attached hydrogen (secondary N) is 1. The van der Waals surface area contributed by atoms with Gasteiger partial charge in [0, 0.05) is 32.3 Å². The van der Waals surface area contributed by atoms with Gasteiger partial charge in [0.25, 0.3) is 0 Å². The largest absolute Gasteiger partial charge is 0.310 e. The lowest BCUT2D eigenvalue weighted by atomic mass is 10.3. The van der Waals surface area contributed by atoms with Crippen LogP contribution in [-0.4, -0.2) is 53.2 Å². The molecule has 0 bridgehead atoms. The third-order valence-electron chi connectivity index (χ3n) is 4.83. The minimum atomic E-state index is -3.52. The number of anilines is 1. The van der Waals surface area contributed by atoms with Gasteiger partial charge in [-0.15, -0.1) is 0 Å². The summed E-state index contributed by atoms with van der Waals surface area (Å²) in [7, 11) is -0.585. The Morgan fingerprint density at radius 3 is 2.55 bits per heavy atom. The van der Waals surface area contributed by atoms with E-state index >= 15 is 0 Å². The summed E-state index contributed by atoms with van der Waals surface area (Å²) in [6.45, 7) is 0. The van der Waals surface area contributed by atoms with Crippen LogP contribution in [0.3, 0.4) is 0 Å². The predicted molar refractivity (Wildman–Crippen MR) is 120 cm³/mol. The number of aromatic nitrogens is 3. The summed E-state index contributed by atoms with van der Waals surface area (Å²) in [6.07, 6.45) is 3.56. The summed E-state index contributed by atoms with van der Waals surface area (Å²) in [4.78, 5) is 16.9. The molecule has 0 saturated heterocycles. The Bertz CT molecular complexity index is 1170. The van der Waals surface area contributed by atoms with Crippen molar-refractivity contribution in [1.29, 1.82) is 0 Å². The van der Waals surface area contributed by atoms with Crippen LogP contribution in [0.15, 0.2) is 64.6 Å². The molecule has 0 atom stereocenters. The van der Waals surface area contributed by atoms with E-state index in [2.05, 4.69) is 15.4 Å². The van der Waals surface area contributed by atoms with E-state index in [1.165, 1.54) is 38.1 Å². The molecule has 31 heavy (non-hydrogen) atoms. The van der Waals surface area contributed by atoms with Gasteiger partial charge in [0.15, 0.2) is 0 Å². The fourth-order valence-corrected chi connectivity index (χ4v) is 4.46. The van der Waals surface area contributed by atoms with Crippen LogP contribution in [0.4, 0.5) is 5.82 Å². The molecule has 1 fully saturated rings.